The average Bonchev–Trinajstić information content (AvgIpc) is 2.53. The molecule has 2 aliphatic rings. The van der Waals surface area contributed by atoms with Crippen molar-refractivity contribution in [2.45, 2.75) is 109 Å². The summed E-state index contributed by atoms with van der Waals surface area (Å²) in [6.07, 6.45) is 9.05. The van der Waals surface area contributed by atoms with Gasteiger partial charge in [-0.15, -0.1) is 0 Å². The number of ether oxygens (including phenoxy) is 1. The standard InChI is InChI=1S/C22H39N3O4/c1-15(2)12-16(24-21(27)29-22(3,4)5)8-6-11-20(26)23-17-13-18-9-7-10-19(14-17)25(18)28/h6,8,15-19,28H,7,9-14H2,1-5H3,(H,23,26)(H,24,27). The number of hydrogen-bond donors (Lipinski definition) is 3. The summed E-state index contributed by atoms with van der Waals surface area (Å²) < 4.78 is 5.33. The zero-order valence-corrected chi connectivity index (χ0v) is 18.6. The van der Waals surface area contributed by atoms with Crippen LogP contribution in [0.5, 0.6) is 0 Å². The third kappa shape index (κ3) is 8.34. The van der Waals surface area contributed by atoms with Gasteiger partial charge in [0.1, 0.15) is 5.60 Å². The van der Waals surface area contributed by atoms with Crippen LogP contribution in [0.25, 0.3) is 0 Å². The SMILES string of the molecule is CC(C)CC(C=CCC(=O)NC1CC2CCCC(C1)N2O)NC(=O)OC(C)(C)C. The Labute approximate surface area is 175 Å². The van der Waals surface area contributed by atoms with E-state index in [0.717, 1.165) is 38.5 Å². The van der Waals surface area contributed by atoms with Gasteiger partial charge in [0.15, 0.2) is 0 Å². The van der Waals surface area contributed by atoms with E-state index in [0.29, 0.717) is 5.92 Å². The number of fused-ring (bicyclic) bond motifs is 2. The van der Waals surface area contributed by atoms with Gasteiger partial charge >= 0.3 is 6.09 Å². The number of carbonyl (C=O) groups is 2. The fraction of sp³-hybridized carbons (Fsp3) is 0.818. The van der Waals surface area contributed by atoms with Gasteiger partial charge in [0, 0.05) is 24.5 Å². The molecular weight excluding hydrogens is 370 g/mol. The lowest BCUT2D eigenvalue weighted by atomic mass is 9.83. The van der Waals surface area contributed by atoms with Crippen LogP contribution in [0.2, 0.25) is 0 Å². The van der Waals surface area contributed by atoms with Crippen molar-refractivity contribution in [2.75, 3.05) is 0 Å². The smallest absolute Gasteiger partial charge is 0.408 e. The lowest BCUT2D eigenvalue weighted by Crippen LogP contribution is -2.55. The molecule has 2 fully saturated rings. The van der Waals surface area contributed by atoms with Crippen molar-refractivity contribution >= 4 is 12.0 Å². The molecule has 0 aromatic heterocycles. The van der Waals surface area contributed by atoms with Crippen molar-refractivity contribution in [2.24, 2.45) is 5.92 Å². The van der Waals surface area contributed by atoms with Gasteiger partial charge in [-0.3, -0.25) is 4.79 Å². The van der Waals surface area contributed by atoms with Crippen molar-refractivity contribution in [1.82, 2.24) is 15.7 Å². The number of alkyl carbamates (subject to hydrolysis) is 1. The van der Waals surface area contributed by atoms with Gasteiger partial charge in [0.05, 0.1) is 6.04 Å². The Kier molecular flexibility index (Phi) is 8.52. The summed E-state index contributed by atoms with van der Waals surface area (Å²) in [5, 5.41) is 17.6. The molecule has 0 saturated carbocycles. The highest BCUT2D eigenvalue weighted by molar-refractivity contribution is 5.77. The Morgan fingerprint density at radius 1 is 1.21 bits per heavy atom. The van der Waals surface area contributed by atoms with E-state index in [-0.39, 0.29) is 36.5 Å². The molecule has 2 aliphatic heterocycles. The molecule has 29 heavy (non-hydrogen) atoms. The largest absolute Gasteiger partial charge is 0.444 e. The molecule has 2 rings (SSSR count). The van der Waals surface area contributed by atoms with Crippen molar-refractivity contribution in [1.29, 1.82) is 0 Å². The van der Waals surface area contributed by atoms with Gasteiger partial charge in [-0.1, -0.05) is 32.4 Å². The van der Waals surface area contributed by atoms with E-state index in [1.165, 1.54) is 5.06 Å². The molecule has 2 heterocycles. The first-order valence-electron chi connectivity index (χ1n) is 11.0. The molecule has 3 unspecified atom stereocenters. The van der Waals surface area contributed by atoms with Crippen molar-refractivity contribution < 1.29 is 19.5 Å². The number of rotatable bonds is 7. The van der Waals surface area contributed by atoms with Crippen LogP contribution in [0.1, 0.15) is 79.6 Å². The first-order chi connectivity index (χ1) is 13.5. The second kappa shape index (κ2) is 10.4. The normalized spacial score (nSPS) is 26.4. The Morgan fingerprint density at radius 3 is 2.38 bits per heavy atom. The van der Waals surface area contributed by atoms with Crippen LogP contribution in [0.15, 0.2) is 12.2 Å². The predicted octanol–water partition coefficient (Wildman–Crippen LogP) is 3.76. The second-order valence-corrected chi connectivity index (χ2v) is 9.87. The van der Waals surface area contributed by atoms with E-state index < -0.39 is 11.7 Å². The van der Waals surface area contributed by atoms with E-state index in [1.807, 2.05) is 32.9 Å². The minimum atomic E-state index is -0.543. The van der Waals surface area contributed by atoms with Gasteiger partial charge < -0.3 is 20.6 Å². The maximum absolute atomic E-state index is 12.4. The topological polar surface area (TPSA) is 90.9 Å². The van der Waals surface area contributed by atoms with Crippen LogP contribution in [-0.4, -0.2) is 52.0 Å². The van der Waals surface area contributed by atoms with Crippen LogP contribution in [0, 0.1) is 5.92 Å². The molecular formula is C22H39N3O4. The molecule has 0 aliphatic carbocycles. The lowest BCUT2D eigenvalue weighted by Gasteiger charge is -2.45. The minimum Gasteiger partial charge on any atom is -0.444 e. The number of hydrogen-bond acceptors (Lipinski definition) is 5. The van der Waals surface area contributed by atoms with Crippen molar-refractivity contribution in [3.63, 3.8) is 0 Å². The quantitative estimate of drug-likeness (QED) is 0.557. The number of nitrogens with one attached hydrogen (secondary N) is 2. The van der Waals surface area contributed by atoms with Crippen LogP contribution >= 0.6 is 0 Å². The molecule has 3 atom stereocenters. The first-order valence-corrected chi connectivity index (χ1v) is 11.0. The van der Waals surface area contributed by atoms with E-state index in [1.54, 1.807) is 0 Å². The van der Waals surface area contributed by atoms with Gasteiger partial charge in [0.2, 0.25) is 5.91 Å². The zero-order valence-electron chi connectivity index (χ0n) is 18.6. The van der Waals surface area contributed by atoms with E-state index in [4.69, 9.17) is 4.74 Å². The van der Waals surface area contributed by atoms with Crippen LogP contribution in [0.3, 0.4) is 0 Å². The highest BCUT2D eigenvalue weighted by Crippen LogP contribution is 2.32. The molecule has 2 saturated heterocycles. The van der Waals surface area contributed by atoms with Crippen molar-refractivity contribution in [3.8, 4) is 0 Å². The maximum atomic E-state index is 12.4. The summed E-state index contributed by atoms with van der Waals surface area (Å²) in [7, 11) is 0. The molecule has 0 radical (unpaired) electrons. The third-order valence-corrected chi connectivity index (χ3v) is 5.40. The lowest BCUT2D eigenvalue weighted by molar-refractivity contribution is -0.198. The monoisotopic (exact) mass is 409 g/mol. The molecule has 0 aromatic carbocycles. The maximum Gasteiger partial charge on any atom is 0.408 e. The Bertz CT molecular complexity index is 571. The molecule has 7 nitrogen and oxygen atoms in total. The summed E-state index contributed by atoms with van der Waals surface area (Å²) in [6, 6.07) is 0.282. The molecule has 7 heteroatoms. The van der Waals surface area contributed by atoms with E-state index in [9.17, 15) is 14.8 Å². The van der Waals surface area contributed by atoms with Crippen LogP contribution in [0.4, 0.5) is 4.79 Å². The Morgan fingerprint density at radius 2 is 1.83 bits per heavy atom. The number of piperidine rings is 2. The third-order valence-electron chi connectivity index (χ3n) is 5.40. The summed E-state index contributed by atoms with van der Waals surface area (Å²) in [5.74, 6) is 0.382. The van der Waals surface area contributed by atoms with Gasteiger partial charge in [-0.25, -0.2) is 4.79 Å². The van der Waals surface area contributed by atoms with Gasteiger partial charge in [-0.2, -0.15) is 5.06 Å². The van der Waals surface area contributed by atoms with E-state index >= 15 is 0 Å². The van der Waals surface area contributed by atoms with Crippen LogP contribution in [-0.2, 0) is 9.53 Å². The van der Waals surface area contributed by atoms with Gasteiger partial charge in [0.25, 0.3) is 0 Å². The van der Waals surface area contributed by atoms with Crippen molar-refractivity contribution in [3.05, 3.63) is 12.2 Å². The molecule has 2 amide bonds. The molecule has 0 spiro atoms. The summed E-state index contributed by atoms with van der Waals surface area (Å²) in [5.41, 5.74) is -0.543. The number of nitrogens with zero attached hydrogens (tertiary/aromatic N) is 1. The summed E-state index contributed by atoms with van der Waals surface area (Å²) >= 11 is 0. The number of carbonyl (C=O) groups excluding carboxylic acids is 2. The number of amides is 2. The Balaban J connectivity index is 1.81. The van der Waals surface area contributed by atoms with Gasteiger partial charge in [-0.05, 0) is 58.8 Å². The number of hydroxylamine groups is 2. The minimum absolute atomic E-state index is 0.0173. The average molecular weight is 410 g/mol. The molecule has 3 N–H and O–H groups in total. The highest BCUT2D eigenvalue weighted by atomic mass is 16.6. The zero-order chi connectivity index (χ0) is 21.6. The first kappa shape index (κ1) is 23.7. The molecule has 2 bridgehead atoms. The summed E-state index contributed by atoms with van der Waals surface area (Å²) in [6.45, 7) is 9.68. The summed E-state index contributed by atoms with van der Waals surface area (Å²) in [4.78, 5) is 24.4. The van der Waals surface area contributed by atoms with Crippen LogP contribution < -0.4 is 10.6 Å². The second-order valence-electron chi connectivity index (χ2n) is 9.87. The molecule has 0 aromatic rings. The Hall–Kier alpha value is -1.60. The predicted molar refractivity (Wildman–Crippen MR) is 113 cm³/mol. The molecule has 166 valence electrons. The van der Waals surface area contributed by atoms with E-state index in [2.05, 4.69) is 24.5 Å². The highest BCUT2D eigenvalue weighted by Gasteiger charge is 2.37. The fourth-order valence-corrected chi connectivity index (χ4v) is 4.25. The fourth-order valence-electron chi connectivity index (χ4n) is 4.25.